The third-order valence-corrected chi connectivity index (χ3v) is 4.39. The van der Waals surface area contributed by atoms with Gasteiger partial charge in [0.1, 0.15) is 6.10 Å². The van der Waals surface area contributed by atoms with Gasteiger partial charge in [-0.2, -0.15) is 0 Å². The molecule has 154 valence electrons. The Kier molecular flexibility index (Phi) is 11.9. The van der Waals surface area contributed by atoms with E-state index in [1.54, 1.807) is 20.8 Å². The summed E-state index contributed by atoms with van der Waals surface area (Å²) in [6.07, 6.45) is -1.95. The van der Waals surface area contributed by atoms with Gasteiger partial charge in [0.25, 0.3) is 0 Å². The van der Waals surface area contributed by atoms with Gasteiger partial charge in [-0.25, -0.2) is 4.79 Å². The molecule has 4 N–H and O–H groups in total. The predicted octanol–water partition coefficient (Wildman–Crippen LogP) is 1.73. The van der Waals surface area contributed by atoms with Crippen LogP contribution in [0.2, 0.25) is 0 Å². The Morgan fingerprint density at radius 2 is 1.81 bits per heavy atom. The minimum Gasteiger partial charge on any atom is -0.478 e. The van der Waals surface area contributed by atoms with Gasteiger partial charge in [-0.05, 0) is 40.5 Å². The molecule has 1 fully saturated rings. The van der Waals surface area contributed by atoms with Crippen molar-refractivity contribution >= 4 is 5.97 Å². The van der Waals surface area contributed by atoms with E-state index in [2.05, 4.69) is 0 Å². The molecule has 0 aromatic carbocycles. The molecule has 1 heterocycles. The van der Waals surface area contributed by atoms with E-state index in [-0.39, 0.29) is 31.2 Å². The summed E-state index contributed by atoms with van der Waals surface area (Å²) in [5.74, 6) is -1.33. The molecule has 26 heavy (non-hydrogen) atoms. The summed E-state index contributed by atoms with van der Waals surface area (Å²) < 4.78 is 11.3. The highest BCUT2D eigenvalue weighted by molar-refractivity contribution is 5.80. The number of aliphatic hydroxyl groups excluding tert-OH is 3. The third-order valence-electron chi connectivity index (χ3n) is 4.39. The Morgan fingerprint density at radius 3 is 2.31 bits per heavy atom. The topological polar surface area (TPSA) is 116 Å². The molecule has 0 aliphatic carbocycles. The van der Waals surface area contributed by atoms with E-state index in [4.69, 9.17) is 14.6 Å². The molecule has 1 saturated heterocycles. The number of hydrogen-bond donors (Lipinski definition) is 4. The standard InChI is InChI=1S/C17H30O7.C2H6/c1-9(6-15(19)20)5-14-17(22)16(21)13(8-23-14)7-10(2)24-12(4)11(3)18;1-2/h6,10-14,16-18,21-22H,5,7-8H2,1-4H3,(H,19,20);1-2H3/b9-6+;/t10?,11?,12-,13?,14?,16?,17?;/m0./s1. The van der Waals surface area contributed by atoms with Gasteiger partial charge in [0.05, 0.1) is 37.1 Å². The van der Waals surface area contributed by atoms with Crippen molar-refractivity contribution in [3.8, 4) is 0 Å². The van der Waals surface area contributed by atoms with E-state index >= 15 is 0 Å². The van der Waals surface area contributed by atoms with Crippen LogP contribution in [0, 0.1) is 5.92 Å². The second kappa shape index (κ2) is 12.4. The van der Waals surface area contributed by atoms with Gasteiger partial charge in [-0.3, -0.25) is 0 Å². The van der Waals surface area contributed by atoms with Crippen molar-refractivity contribution < 1.29 is 34.7 Å². The minimum absolute atomic E-state index is 0.199. The highest BCUT2D eigenvalue weighted by atomic mass is 16.5. The number of ether oxygens (including phenoxy) is 2. The van der Waals surface area contributed by atoms with Crippen molar-refractivity contribution in [3.05, 3.63) is 11.6 Å². The summed E-state index contributed by atoms with van der Waals surface area (Å²) in [4.78, 5) is 10.6. The quantitative estimate of drug-likeness (QED) is 0.477. The van der Waals surface area contributed by atoms with Crippen molar-refractivity contribution in [2.24, 2.45) is 5.92 Å². The van der Waals surface area contributed by atoms with Gasteiger partial charge in [-0.1, -0.05) is 19.4 Å². The summed E-state index contributed by atoms with van der Waals surface area (Å²) in [5.41, 5.74) is 0.569. The fraction of sp³-hybridized carbons (Fsp3) is 0.842. The fourth-order valence-corrected chi connectivity index (χ4v) is 2.88. The van der Waals surface area contributed by atoms with Crippen molar-refractivity contribution in [1.82, 2.24) is 0 Å². The lowest BCUT2D eigenvalue weighted by Crippen LogP contribution is -2.51. The largest absolute Gasteiger partial charge is 0.478 e. The maximum absolute atomic E-state index is 10.6. The van der Waals surface area contributed by atoms with Crippen LogP contribution in [0.3, 0.4) is 0 Å². The molecule has 0 saturated carbocycles. The molecule has 7 nitrogen and oxygen atoms in total. The first kappa shape index (κ1) is 25.0. The summed E-state index contributed by atoms with van der Waals surface area (Å²) in [7, 11) is 0. The van der Waals surface area contributed by atoms with E-state index in [1.807, 2.05) is 20.8 Å². The Balaban J connectivity index is 0.00000301. The van der Waals surface area contributed by atoms with Crippen LogP contribution in [0.5, 0.6) is 0 Å². The van der Waals surface area contributed by atoms with Crippen LogP contribution < -0.4 is 0 Å². The van der Waals surface area contributed by atoms with Gasteiger partial charge in [0, 0.05) is 12.0 Å². The predicted molar refractivity (Wildman–Crippen MR) is 98.9 cm³/mol. The number of carboxylic acids is 1. The molecule has 0 amide bonds. The van der Waals surface area contributed by atoms with Crippen molar-refractivity contribution in [2.75, 3.05) is 6.61 Å². The number of carbonyl (C=O) groups is 1. The van der Waals surface area contributed by atoms with Crippen molar-refractivity contribution in [2.45, 2.75) is 91.0 Å². The maximum atomic E-state index is 10.6. The molecule has 7 atom stereocenters. The fourth-order valence-electron chi connectivity index (χ4n) is 2.88. The smallest absolute Gasteiger partial charge is 0.328 e. The molecule has 0 bridgehead atoms. The SMILES string of the molecule is C/C(=C\C(=O)O)CC1OCC(CC(C)O[C@@H](C)C(C)O)C(O)C1O.CC. The van der Waals surface area contributed by atoms with Gasteiger partial charge in [0.15, 0.2) is 0 Å². The Labute approximate surface area is 156 Å². The summed E-state index contributed by atoms with van der Waals surface area (Å²) in [5, 5.41) is 38.8. The molecule has 1 aliphatic rings. The molecule has 0 aromatic rings. The number of aliphatic carboxylic acids is 1. The van der Waals surface area contributed by atoms with Gasteiger partial charge < -0.3 is 29.9 Å². The number of hydrogen-bond acceptors (Lipinski definition) is 6. The molecule has 1 rings (SSSR count). The number of aliphatic hydroxyl groups is 3. The Morgan fingerprint density at radius 1 is 1.23 bits per heavy atom. The van der Waals surface area contributed by atoms with Gasteiger partial charge in [0.2, 0.25) is 0 Å². The molecular weight excluding hydrogens is 340 g/mol. The zero-order valence-electron chi connectivity index (χ0n) is 16.8. The first-order chi connectivity index (χ1) is 12.1. The van der Waals surface area contributed by atoms with Crippen LogP contribution in [-0.4, -0.2) is 69.6 Å². The number of rotatable bonds is 8. The Bertz CT molecular complexity index is 436. The highest BCUT2D eigenvalue weighted by Crippen LogP contribution is 2.28. The average molecular weight is 376 g/mol. The number of carboxylic acid groups (broad SMARTS) is 1. The second-order valence-electron chi connectivity index (χ2n) is 6.77. The molecule has 1 aliphatic heterocycles. The molecule has 0 radical (unpaired) electrons. The summed E-state index contributed by atoms with van der Waals surface area (Å²) in [6.45, 7) is 11.2. The minimum atomic E-state index is -1.08. The normalized spacial score (nSPS) is 30.0. The van der Waals surface area contributed by atoms with Crippen LogP contribution in [0.1, 0.15) is 54.4 Å². The highest BCUT2D eigenvalue weighted by Gasteiger charge is 2.39. The molecule has 0 spiro atoms. The lowest BCUT2D eigenvalue weighted by Gasteiger charge is -2.39. The summed E-state index contributed by atoms with van der Waals surface area (Å²) >= 11 is 0. The lowest BCUT2D eigenvalue weighted by atomic mass is 9.86. The lowest BCUT2D eigenvalue weighted by molar-refractivity contribution is -0.173. The van der Waals surface area contributed by atoms with Crippen LogP contribution in [0.25, 0.3) is 0 Å². The molecule has 7 heteroatoms. The Hall–Kier alpha value is -0.990. The van der Waals surface area contributed by atoms with Crippen molar-refractivity contribution in [3.63, 3.8) is 0 Å². The van der Waals surface area contributed by atoms with Crippen LogP contribution in [-0.2, 0) is 14.3 Å². The molecule has 6 unspecified atom stereocenters. The third kappa shape index (κ3) is 8.60. The van der Waals surface area contributed by atoms with Gasteiger partial charge in [-0.15, -0.1) is 0 Å². The van der Waals surface area contributed by atoms with E-state index in [1.165, 1.54) is 0 Å². The zero-order valence-corrected chi connectivity index (χ0v) is 16.8. The zero-order chi connectivity index (χ0) is 20.4. The average Bonchev–Trinajstić information content (AvgIpc) is 2.55. The van der Waals surface area contributed by atoms with E-state index in [0.29, 0.717) is 12.0 Å². The van der Waals surface area contributed by atoms with Crippen LogP contribution in [0.15, 0.2) is 11.6 Å². The first-order valence-electron chi connectivity index (χ1n) is 9.33. The van der Waals surface area contributed by atoms with Crippen molar-refractivity contribution in [1.29, 1.82) is 0 Å². The van der Waals surface area contributed by atoms with E-state index in [0.717, 1.165) is 6.08 Å². The monoisotopic (exact) mass is 376 g/mol. The molecule has 0 aromatic heterocycles. The first-order valence-corrected chi connectivity index (χ1v) is 9.33. The molecular formula is C19H36O7. The van der Waals surface area contributed by atoms with Crippen LogP contribution in [0.4, 0.5) is 0 Å². The van der Waals surface area contributed by atoms with Gasteiger partial charge >= 0.3 is 5.97 Å². The van der Waals surface area contributed by atoms with Crippen LogP contribution >= 0.6 is 0 Å². The van der Waals surface area contributed by atoms with E-state index < -0.39 is 30.4 Å². The van der Waals surface area contributed by atoms with E-state index in [9.17, 15) is 20.1 Å². The maximum Gasteiger partial charge on any atom is 0.328 e. The summed E-state index contributed by atoms with van der Waals surface area (Å²) in [6, 6.07) is 0. The second-order valence-corrected chi connectivity index (χ2v) is 6.77.